The Kier molecular flexibility index (Phi) is 4.74. The molecule has 0 spiro atoms. The first-order valence-electron chi connectivity index (χ1n) is 8.36. The van der Waals surface area contributed by atoms with Gasteiger partial charge in [-0.1, -0.05) is 49.3 Å². The van der Waals surface area contributed by atoms with Gasteiger partial charge in [-0.05, 0) is 18.4 Å². The third kappa shape index (κ3) is 3.44. The Morgan fingerprint density at radius 2 is 1.96 bits per heavy atom. The Bertz CT molecular complexity index is 643. The normalized spacial score (nSPS) is 15.0. The van der Waals surface area contributed by atoms with Crippen LogP contribution in [-0.4, -0.2) is 34.0 Å². The number of hydrogen-bond acceptors (Lipinski definition) is 4. The second kappa shape index (κ2) is 6.94. The Morgan fingerprint density at radius 3 is 2.61 bits per heavy atom. The number of aromatic nitrogens is 2. The molecule has 1 fully saturated rings. The summed E-state index contributed by atoms with van der Waals surface area (Å²) in [6.45, 7) is 5.53. The number of rotatable bonds is 6. The minimum absolute atomic E-state index is 0.146. The first kappa shape index (κ1) is 15.7. The number of hydrogen-bond donors (Lipinski definition) is 0. The van der Waals surface area contributed by atoms with Gasteiger partial charge in [-0.2, -0.15) is 4.98 Å². The number of benzene rings is 1. The molecule has 0 radical (unpaired) electrons. The predicted octanol–water partition coefficient (Wildman–Crippen LogP) is 3.02. The molecule has 0 saturated carbocycles. The number of amides is 1. The van der Waals surface area contributed by atoms with Crippen LogP contribution in [0.5, 0.6) is 0 Å². The van der Waals surface area contributed by atoms with Crippen LogP contribution >= 0.6 is 0 Å². The number of carbonyl (C=O) groups is 1. The van der Waals surface area contributed by atoms with Crippen LogP contribution in [0.15, 0.2) is 34.9 Å². The molecule has 1 aromatic heterocycles. The lowest BCUT2D eigenvalue weighted by Crippen LogP contribution is -2.50. The van der Waals surface area contributed by atoms with Gasteiger partial charge in [0.15, 0.2) is 5.82 Å². The lowest BCUT2D eigenvalue weighted by molar-refractivity contribution is -0.140. The molecular formula is C18H23N3O2. The summed E-state index contributed by atoms with van der Waals surface area (Å²) in [6.07, 6.45) is 2.48. The highest BCUT2D eigenvalue weighted by atomic mass is 16.5. The molecule has 3 rings (SSSR count). The summed E-state index contributed by atoms with van der Waals surface area (Å²) in [6, 6.07) is 10.1. The quantitative estimate of drug-likeness (QED) is 0.822. The van der Waals surface area contributed by atoms with Gasteiger partial charge in [-0.25, -0.2) is 0 Å². The first-order chi connectivity index (χ1) is 11.2. The first-order valence-corrected chi connectivity index (χ1v) is 8.36. The topological polar surface area (TPSA) is 59.2 Å². The molecule has 1 aliphatic heterocycles. The summed E-state index contributed by atoms with van der Waals surface area (Å²) in [5, 5.41) is 4.06. The van der Waals surface area contributed by atoms with Crippen molar-refractivity contribution in [3.63, 3.8) is 0 Å². The van der Waals surface area contributed by atoms with Crippen LogP contribution in [0.3, 0.4) is 0 Å². The molecular weight excluding hydrogens is 290 g/mol. The van der Waals surface area contributed by atoms with Crippen LogP contribution in [0, 0.1) is 5.92 Å². The van der Waals surface area contributed by atoms with E-state index in [1.54, 1.807) is 0 Å². The molecule has 5 heteroatoms. The summed E-state index contributed by atoms with van der Waals surface area (Å²) in [7, 11) is 0. The Labute approximate surface area is 136 Å². The van der Waals surface area contributed by atoms with Crippen molar-refractivity contribution in [2.75, 3.05) is 13.1 Å². The van der Waals surface area contributed by atoms with Gasteiger partial charge in [0.1, 0.15) is 0 Å². The van der Waals surface area contributed by atoms with Crippen LogP contribution in [-0.2, 0) is 11.2 Å². The molecule has 0 aliphatic carbocycles. The molecule has 122 valence electrons. The van der Waals surface area contributed by atoms with Crippen molar-refractivity contribution in [2.45, 2.75) is 39.0 Å². The van der Waals surface area contributed by atoms with Crippen molar-refractivity contribution in [2.24, 2.45) is 5.92 Å². The van der Waals surface area contributed by atoms with E-state index in [-0.39, 0.29) is 17.7 Å². The van der Waals surface area contributed by atoms with E-state index in [4.69, 9.17) is 4.52 Å². The molecule has 23 heavy (non-hydrogen) atoms. The van der Waals surface area contributed by atoms with Gasteiger partial charge in [0.2, 0.25) is 11.8 Å². The largest absolute Gasteiger partial charge is 0.341 e. The predicted molar refractivity (Wildman–Crippen MR) is 86.9 cm³/mol. The lowest BCUT2D eigenvalue weighted by Gasteiger charge is -2.39. The third-order valence-corrected chi connectivity index (χ3v) is 4.57. The van der Waals surface area contributed by atoms with Crippen LogP contribution in [0.25, 0.3) is 0 Å². The van der Waals surface area contributed by atoms with E-state index in [9.17, 15) is 4.79 Å². The number of likely N-dealkylation sites (tertiary alicyclic amines) is 1. The van der Waals surface area contributed by atoms with Gasteiger partial charge < -0.3 is 9.42 Å². The number of carbonyl (C=O) groups excluding carboxylic acids is 1. The van der Waals surface area contributed by atoms with Gasteiger partial charge >= 0.3 is 0 Å². The van der Waals surface area contributed by atoms with Crippen molar-refractivity contribution in [3.05, 3.63) is 47.6 Å². The Balaban J connectivity index is 1.55. The Hall–Kier alpha value is -2.17. The highest BCUT2D eigenvalue weighted by Gasteiger charge is 2.37. The van der Waals surface area contributed by atoms with Gasteiger partial charge in [0.05, 0.1) is 5.92 Å². The van der Waals surface area contributed by atoms with E-state index < -0.39 is 0 Å². The van der Waals surface area contributed by atoms with E-state index in [0.717, 1.165) is 12.8 Å². The molecule has 1 saturated heterocycles. The lowest BCUT2D eigenvalue weighted by atomic mass is 9.94. The molecule has 2 aromatic rings. The van der Waals surface area contributed by atoms with Crippen molar-refractivity contribution >= 4 is 5.91 Å². The van der Waals surface area contributed by atoms with Crippen LogP contribution < -0.4 is 0 Å². The number of nitrogens with zero attached hydrogens (tertiary/aromatic N) is 3. The average Bonchev–Trinajstić information content (AvgIpc) is 2.96. The Morgan fingerprint density at radius 1 is 1.26 bits per heavy atom. The van der Waals surface area contributed by atoms with E-state index >= 15 is 0 Å². The van der Waals surface area contributed by atoms with Crippen molar-refractivity contribution in [3.8, 4) is 0 Å². The van der Waals surface area contributed by atoms with Crippen LogP contribution in [0.4, 0.5) is 0 Å². The van der Waals surface area contributed by atoms with Gasteiger partial charge in [-0.15, -0.1) is 0 Å². The molecule has 1 aromatic carbocycles. The monoisotopic (exact) mass is 313 g/mol. The summed E-state index contributed by atoms with van der Waals surface area (Å²) in [5.74, 6) is 1.95. The van der Waals surface area contributed by atoms with Gasteiger partial charge in [0, 0.05) is 25.4 Å². The zero-order valence-electron chi connectivity index (χ0n) is 13.7. The van der Waals surface area contributed by atoms with Gasteiger partial charge in [0.25, 0.3) is 0 Å². The van der Waals surface area contributed by atoms with E-state index in [1.807, 2.05) is 23.1 Å². The molecule has 5 nitrogen and oxygen atoms in total. The maximum atomic E-state index is 12.3. The highest BCUT2D eigenvalue weighted by Crippen LogP contribution is 2.28. The second-order valence-electron chi connectivity index (χ2n) is 6.16. The second-order valence-corrected chi connectivity index (χ2v) is 6.16. The average molecular weight is 313 g/mol. The maximum Gasteiger partial charge on any atom is 0.233 e. The molecule has 2 heterocycles. The van der Waals surface area contributed by atoms with E-state index in [1.165, 1.54) is 5.56 Å². The maximum absolute atomic E-state index is 12.3. The van der Waals surface area contributed by atoms with Crippen LogP contribution in [0.1, 0.15) is 49.9 Å². The van der Waals surface area contributed by atoms with E-state index in [0.29, 0.717) is 31.2 Å². The van der Waals surface area contributed by atoms with Crippen LogP contribution in [0.2, 0.25) is 0 Å². The molecule has 0 bridgehead atoms. The molecule has 0 atom stereocenters. The van der Waals surface area contributed by atoms with Gasteiger partial charge in [-0.3, -0.25) is 4.79 Å². The summed E-state index contributed by atoms with van der Waals surface area (Å²) < 4.78 is 5.38. The zero-order chi connectivity index (χ0) is 16.2. The molecule has 1 aliphatic rings. The third-order valence-electron chi connectivity index (χ3n) is 4.57. The zero-order valence-corrected chi connectivity index (χ0v) is 13.7. The molecule has 1 amide bonds. The smallest absolute Gasteiger partial charge is 0.233 e. The molecule has 0 N–H and O–H groups in total. The fraction of sp³-hybridized carbons (Fsp3) is 0.500. The standard InChI is InChI=1S/C18H23N3O2/c1-3-14(4-2)18(22)21-11-15(12-21)17-19-16(20-23-17)10-13-8-6-5-7-9-13/h5-9,14-15H,3-4,10-12H2,1-2H3. The highest BCUT2D eigenvalue weighted by molar-refractivity contribution is 5.79. The minimum Gasteiger partial charge on any atom is -0.341 e. The minimum atomic E-state index is 0.146. The fourth-order valence-electron chi connectivity index (χ4n) is 2.99. The van der Waals surface area contributed by atoms with Crippen molar-refractivity contribution < 1.29 is 9.32 Å². The summed E-state index contributed by atoms with van der Waals surface area (Å²) in [5.41, 5.74) is 1.17. The van der Waals surface area contributed by atoms with E-state index in [2.05, 4.69) is 36.1 Å². The van der Waals surface area contributed by atoms with Crippen molar-refractivity contribution in [1.82, 2.24) is 15.0 Å². The summed E-state index contributed by atoms with van der Waals surface area (Å²) in [4.78, 5) is 18.7. The fourth-order valence-corrected chi connectivity index (χ4v) is 2.99. The molecule has 0 unspecified atom stereocenters. The SMILES string of the molecule is CCC(CC)C(=O)N1CC(c2nc(Cc3ccccc3)no2)C1. The van der Waals surface area contributed by atoms with Crippen molar-refractivity contribution in [1.29, 1.82) is 0 Å². The summed E-state index contributed by atoms with van der Waals surface area (Å²) >= 11 is 0.